The second-order valence-corrected chi connectivity index (χ2v) is 21.2. The van der Waals surface area contributed by atoms with Crippen LogP contribution in [0.5, 0.6) is 0 Å². The molecule has 6 atom stereocenters. The molecule has 61 heavy (non-hydrogen) atoms. The molecule has 0 aliphatic heterocycles. The average Bonchev–Trinajstić information content (AvgIpc) is 3.93. The first-order chi connectivity index (χ1) is 29.7. The van der Waals surface area contributed by atoms with E-state index < -0.39 is 0 Å². The predicted molar refractivity (Wildman–Crippen MR) is 254 cm³/mol. The zero-order valence-corrected chi connectivity index (χ0v) is 36.1. The Hall–Kier alpha value is -5.66. The van der Waals surface area contributed by atoms with Crippen LogP contribution in [0.4, 0.5) is 17.1 Å². The van der Waals surface area contributed by atoms with Gasteiger partial charge in [-0.3, -0.25) is 0 Å². The lowest BCUT2D eigenvalue weighted by Gasteiger charge is -2.76. The molecule has 6 unspecified atom stereocenters. The first-order valence-electron chi connectivity index (χ1n) is 23.2. The molecule has 7 aromatic carbocycles. The largest absolute Gasteiger partial charge is 0.310 e. The van der Waals surface area contributed by atoms with Crippen molar-refractivity contribution in [2.75, 3.05) is 4.90 Å². The van der Waals surface area contributed by atoms with E-state index in [-0.39, 0.29) is 16.2 Å². The SMILES string of the molecule is CC1(C)CCC(C)(C)c2c(N(c3ccc(-c4ccc5c(c4)C4(c6ccccc6-5)C5CC6CC7CC4C75C6)cc3)c3cc(-c4ccccc4)cc(-c4ccccc4)c3)cccc21. The van der Waals surface area contributed by atoms with Crippen LogP contribution in [0.15, 0.2) is 164 Å². The molecule has 13 rings (SSSR count). The van der Waals surface area contributed by atoms with Crippen LogP contribution in [-0.4, -0.2) is 0 Å². The maximum absolute atomic E-state index is 2.64. The summed E-state index contributed by atoms with van der Waals surface area (Å²) in [6.07, 6.45) is 8.22. The summed E-state index contributed by atoms with van der Waals surface area (Å²) >= 11 is 0. The summed E-state index contributed by atoms with van der Waals surface area (Å²) in [6, 6.07) is 62.8. The molecule has 0 aromatic heterocycles. The minimum Gasteiger partial charge on any atom is -0.310 e. The minimum atomic E-state index is 0.0241. The second-order valence-electron chi connectivity index (χ2n) is 21.2. The zero-order valence-electron chi connectivity index (χ0n) is 36.1. The van der Waals surface area contributed by atoms with E-state index in [1.807, 2.05) is 0 Å². The van der Waals surface area contributed by atoms with Crippen molar-refractivity contribution in [2.45, 2.75) is 82.5 Å². The van der Waals surface area contributed by atoms with Crippen LogP contribution >= 0.6 is 0 Å². The van der Waals surface area contributed by atoms with Crippen molar-refractivity contribution in [1.29, 1.82) is 0 Å². The van der Waals surface area contributed by atoms with Crippen LogP contribution in [0, 0.1) is 29.1 Å². The quantitative estimate of drug-likeness (QED) is 0.162. The third kappa shape index (κ3) is 4.79. The summed E-state index contributed by atoms with van der Waals surface area (Å²) in [7, 11) is 0. The first kappa shape index (κ1) is 36.0. The van der Waals surface area contributed by atoms with Crippen molar-refractivity contribution in [3.05, 3.63) is 186 Å². The molecule has 2 spiro atoms. The van der Waals surface area contributed by atoms with Gasteiger partial charge in [-0.1, -0.05) is 149 Å². The number of hydrogen-bond acceptors (Lipinski definition) is 1. The molecule has 6 aliphatic rings. The van der Waals surface area contributed by atoms with Crippen molar-refractivity contribution >= 4 is 17.1 Å². The molecule has 0 amide bonds. The topological polar surface area (TPSA) is 3.24 Å². The smallest absolute Gasteiger partial charge is 0.0502 e. The highest BCUT2D eigenvalue weighted by molar-refractivity contribution is 5.89. The molecular weight excluding hydrogens is 735 g/mol. The van der Waals surface area contributed by atoms with Crippen LogP contribution in [0.3, 0.4) is 0 Å². The number of nitrogens with zero attached hydrogens (tertiary/aromatic N) is 1. The van der Waals surface area contributed by atoms with Gasteiger partial charge in [0.2, 0.25) is 0 Å². The minimum absolute atomic E-state index is 0.0241. The van der Waals surface area contributed by atoms with Crippen LogP contribution in [-0.2, 0) is 16.2 Å². The van der Waals surface area contributed by atoms with Gasteiger partial charge in [0.1, 0.15) is 0 Å². The summed E-state index contributed by atoms with van der Waals surface area (Å²) in [5.41, 5.74) is 21.4. The summed E-state index contributed by atoms with van der Waals surface area (Å²) in [5, 5.41) is 0. The molecule has 6 aliphatic carbocycles. The van der Waals surface area contributed by atoms with Crippen molar-refractivity contribution in [2.24, 2.45) is 29.1 Å². The van der Waals surface area contributed by atoms with E-state index >= 15 is 0 Å². The summed E-state index contributed by atoms with van der Waals surface area (Å²) < 4.78 is 0. The van der Waals surface area contributed by atoms with Gasteiger partial charge < -0.3 is 4.90 Å². The summed E-state index contributed by atoms with van der Waals surface area (Å²) in [5.74, 6) is 3.58. The highest BCUT2D eigenvalue weighted by Crippen LogP contribution is 2.89. The van der Waals surface area contributed by atoms with E-state index in [1.54, 1.807) is 11.1 Å². The molecule has 2 bridgehead atoms. The molecule has 300 valence electrons. The molecule has 0 radical (unpaired) electrons. The van der Waals surface area contributed by atoms with Gasteiger partial charge in [-0.2, -0.15) is 0 Å². The lowest BCUT2D eigenvalue weighted by atomic mass is 9.27. The number of anilines is 3. The molecular formula is C60H55N. The van der Waals surface area contributed by atoms with Gasteiger partial charge in [-0.15, -0.1) is 0 Å². The molecule has 1 heteroatoms. The van der Waals surface area contributed by atoms with Crippen molar-refractivity contribution in [3.8, 4) is 44.5 Å². The van der Waals surface area contributed by atoms with Crippen molar-refractivity contribution in [3.63, 3.8) is 0 Å². The Morgan fingerprint density at radius 3 is 1.77 bits per heavy atom. The fraction of sp³-hybridized carbons (Fsp3) is 0.300. The lowest BCUT2D eigenvalue weighted by molar-refractivity contribution is -0.231. The maximum atomic E-state index is 2.64. The van der Waals surface area contributed by atoms with Gasteiger partial charge in [0.05, 0.1) is 5.69 Å². The highest BCUT2D eigenvalue weighted by atomic mass is 15.1. The summed E-state index contributed by atoms with van der Waals surface area (Å²) in [6.45, 7) is 9.81. The third-order valence-corrected chi connectivity index (χ3v) is 17.5. The second kappa shape index (κ2) is 12.5. The van der Waals surface area contributed by atoms with E-state index in [9.17, 15) is 0 Å². The molecule has 4 saturated carbocycles. The number of benzene rings is 7. The Morgan fingerprint density at radius 1 is 0.443 bits per heavy atom. The van der Waals surface area contributed by atoms with E-state index in [1.165, 1.54) is 105 Å². The predicted octanol–water partition coefficient (Wildman–Crippen LogP) is 15.8. The Labute approximate surface area is 362 Å². The first-order valence-corrected chi connectivity index (χ1v) is 23.2. The molecule has 0 N–H and O–H groups in total. The molecule has 4 fully saturated rings. The molecule has 1 nitrogen and oxygen atoms in total. The Kier molecular flexibility index (Phi) is 7.37. The van der Waals surface area contributed by atoms with Gasteiger partial charge in [0.15, 0.2) is 0 Å². The van der Waals surface area contributed by atoms with Crippen LogP contribution < -0.4 is 4.90 Å². The van der Waals surface area contributed by atoms with E-state index in [4.69, 9.17) is 0 Å². The molecule has 0 saturated heterocycles. The highest BCUT2D eigenvalue weighted by Gasteiger charge is 2.84. The van der Waals surface area contributed by atoms with Gasteiger partial charge >= 0.3 is 0 Å². The van der Waals surface area contributed by atoms with Gasteiger partial charge in [-0.25, -0.2) is 0 Å². The fourth-order valence-electron chi connectivity index (χ4n) is 15.0. The Balaban J connectivity index is 0.969. The number of fused-ring (bicyclic) bond motifs is 9. The number of rotatable bonds is 6. The normalized spacial score (nSPS) is 27.3. The van der Waals surface area contributed by atoms with Crippen LogP contribution in [0.2, 0.25) is 0 Å². The van der Waals surface area contributed by atoms with Crippen LogP contribution in [0.1, 0.15) is 88.5 Å². The van der Waals surface area contributed by atoms with E-state index in [2.05, 4.69) is 196 Å². The zero-order chi connectivity index (χ0) is 40.9. The van der Waals surface area contributed by atoms with Crippen molar-refractivity contribution < 1.29 is 0 Å². The van der Waals surface area contributed by atoms with E-state index in [0.717, 1.165) is 30.1 Å². The van der Waals surface area contributed by atoms with E-state index in [0.29, 0.717) is 5.41 Å². The van der Waals surface area contributed by atoms with Gasteiger partial charge in [0, 0.05) is 16.8 Å². The maximum Gasteiger partial charge on any atom is 0.0502 e. The fourth-order valence-corrected chi connectivity index (χ4v) is 15.0. The molecule has 0 heterocycles. The van der Waals surface area contributed by atoms with Gasteiger partial charge in [-0.05, 0) is 188 Å². The monoisotopic (exact) mass is 789 g/mol. The lowest BCUT2D eigenvalue weighted by Crippen LogP contribution is -2.73. The molecule has 7 aromatic rings. The Bertz CT molecular complexity index is 2840. The summed E-state index contributed by atoms with van der Waals surface area (Å²) in [4.78, 5) is 2.58. The van der Waals surface area contributed by atoms with Crippen molar-refractivity contribution in [1.82, 2.24) is 0 Å². The average molecular weight is 790 g/mol. The standard InChI is InChI=1S/C60H55N/c1-57(2)28-29-58(3,4)56-51(57)20-13-21-53(56)61(47-33-43(39-14-7-5-8-15-39)32-44(34-47)40-16-9-6-10-17-40)46-25-22-41(23-26-46)42-24-27-49-48-18-11-12-19-50(48)60(52(49)35-42)54-31-38-30-45-36-55(60)59(45,54)37-38/h5-27,32-35,38,45,54-55H,28-31,36-37H2,1-4H3. The van der Waals surface area contributed by atoms with Gasteiger partial charge in [0.25, 0.3) is 0 Å². The third-order valence-electron chi connectivity index (χ3n) is 17.5. The van der Waals surface area contributed by atoms with Crippen LogP contribution in [0.25, 0.3) is 44.5 Å². The Morgan fingerprint density at radius 2 is 1.05 bits per heavy atom. The number of hydrogen-bond donors (Lipinski definition) is 0.